The van der Waals surface area contributed by atoms with Crippen LogP contribution in [0, 0.1) is 5.92 Å². The van der Waals surface area contributed by atoms with Crippen LogP contribution in [0.4, 0.5) is 0 Å². The van der Waals surface area contributed by atoms with Crippen molar-refractivity contribution >= 4 is 41.0 Å². The molecule has 3 nitrogen and oxygen atoms in total. The summed E-state index contributed by atoms with van der Waals surface area (Å²) in [7, 11) is 0. The fourth-order valence-electron chi connectivity index (χ4n) is 3.86. The largest absolute Gasteiger partial charge is 0.329 e. The Morgan fingerprint density at radius 3 is 2.60 bits per heavy atom. The third-order valence-electron chi connectivity index (χ3n) is 5.01. The van der Waals surface area contributed by atoms with E-state index in [9.17, 15) is 4.79 Å². The molecule has 0 radical (unpaired) electrons. The second kappa shape index (κ2) is 5.95. The van der Waals surface area contributed by atoms with Gasteiger partial charge < -0.3 is 4.74 Å². The van der Waals surface area contributed by atoms with Crippen LogP contribution < -0.4 is 0 Å². The minimum Gasteiger partial charge on any atom is -0.329 e. The Morgan fingerprint density at radius 2 is 1.84 bits per heavy atom. The van der Waals surface area contributed by atoms with Crippen LogP contribution in [0.3, 0.4) is 0 Å². The summed E-state index contributed by atoms with van der Waals surface area (Å²) in [5.41, 5.74) is 2.22. The predicted molar refractivity (Wildman–Crippen MR) is 102 cm³/mol. The average molecular weight is 390 g/mol. The zero-order valence-electron chi connectivity index (χ0n) is 13.3. The lowest BCUT2D eigenvalue weighted by Gasteiger charge is -2.55. The van der Waals surface area contributed by atoms with Crippen LogP contribution in [0.1, 0.15) is 22.5 Å². The van der Waals surface area contributed by atoms with E-state index in [0.29, 0.717) is 5.02 Å². The fourth-order valence-corrected chi connectivity index (χ4v) is 7.35. The first-order valence-corrected chi connectivity index (χ1v) is 10.5. The van der Waals surface area contributed by atoms with E-state index in [-0.39, 0.29) is 23.2 Å². The summed E-state index contributed by atoms with van der Waals surface area (Å²) in [5.74, 6) is 0.915. The van der Waals surface area contributed by atoms with Crippen LogP contribution in [0.5, 0.6) is 0 Å². The summed E-state index contributed by atoms with van der Waals surface area (Å²) in [4.78, 5) is 15.2. The number of halogens is 1. The maximum atomic E-state index is 13.3. The molecule has 6 rings (SSSR count). The molecule has 4 aliphatic heterocycles. The van der Waals surface area contributed by atoms with Crippen LogP contribution in [0.15, 0.2) is 54.6 Å². The van der Waals surface area contributed by atoms with Crippen molar-refractivity contribution in [3.63, 3.8) is 0 Å². The second-order valence-electron chi connectivity index (χ2n) is 6.43. The van der Waals surface area contributed by atoms with E-state index in [1.165, 1.54) is 5.56 Å². The third-order valence-corrected chi connectivity index (χ3v) is 8.41. The maximum Gasteiger partial charge on any atom is 0.243 e. The number of fused-ring (bicyclic) bond motifs is 2. The van der Waals surface area contributed by atoms with E-state index in [2.05, 4.69) is 12.1 Å². The molecule has 25 heavy (non-hydrogen) atoms. The standard InChI is InChI=1S/C19H16ClNO2S2/c20-14-8-6-12(7-9-14)16-15-17(13-4-2-1-3-5-13)25-19(23-16)21(18(15)22)10-11-24-19/h1-9,15-17H,10-11H2/t15-,16+,17-,19-/m0/s1. The second-order valence-corrected chi connectivity index (χ2v) is 9.67. The fraction of sp³-hybridized carbons (Fsp3) is 0.316. The molecule has 0 unspecified atom stereocenters. The highest BCUT2D eigenvalue weighted by Gasteiger charge is 2.64. The molecule has 2 aromatic carbocycles. The van der Waals surface area contributed by atoms with Gasteiger partial charge >= 0.3 is 0 Å². The highest BCUT2D eigenvalue weighted by atomic mass is 35.5. The van der Waals surface area contributed by atoms with Gasteiger partial charge in [0, 0.05) is 22.6 Å². The average Bonchev–Trinajstić information content (AvgIpc) is 3.07. The lowest BCUT2D eigenvalue weighted by Crippen LogP contribution is -2.60. The lowest BCUT2D eigenvalue weighted by molar-refractivity contribution is -0.182. The quantitative estimate of drug-likeness (QED) is 0.744. The summed E-state index contributed by atoms with van der Waals surface area (Å²) in [6.07, 6.45) is -0.238. The molecule has 0 aromatic heterocycles. The smallest absolute Gasteiger partial charge is 0.243 e. The molecule has 4 atom stereocenters. The molecule has 6 heteroatoms. The SMILES string of the molecule is O=C1[C@H]2[C@@H](c3ccc(Cl)cc3)O[C@@]3(SCCN13)S[C@H]2c1ccccc1. The number of amides is 1. The summed E-state index contributed by atoms with van der Waals surface area (Å²) in [5, 5.41) is 0.796. The first-order valence-electron chi connectivity index (χ1n) is 8.29. The number of nitrogens with zero attached hydrogens (tertiary/aromatic N) is 1. The van der Waals surface area contributed by atoms with Gasteiger partial charge in [0.05, 0.1) is 5.92 Å². The van der Waals surface area contributed by atoms with Gasteiger partial charge in [0.15, 0.2) is 0 Å². The summed E-state index contributed by atoms with van der Waals surface area (Å²) < 4.78 is 5.93. The normalized spacial score (nSPS) is 33.6. The highest BCUT2D eigenvalue weighted by molar-refractivity contribution is 8.18. The highest BCUT2D eigenvalue weighted by Crippen LogP contribution is 2.66. The third kappa shape index (κ3) is 2.44. The summed E-state index contributed by atoms with van der Waals surface area (Å²) >= 11 is 9.56. The number of ether oxygens (including phenoxy) is 1. The van der Waals surface area contributed by atoms with E-state index >= 15 is 0 Å². The van der Waals surface area contributed by atoms with E-state index in [1.54, 1.807) is 23.5 Å². The van der Waals surface area contributed by atoms with Gasteiger partial charge in [-0.15, -0.1) is 0 Å². The van der Waals surface area contributed by atoms with Crippen molar-refractivity contribution in [2.45, 2.75) is 15.7 Å². The Bertz CT molecular complexity index is 816. The van der Waals surface area contributed by atoms with Crippen LogP contribution in [0.25, 0.3) is 0 Å². The minimum absolute atomic E-state index is 0.102. The molecule has 4 heterocycles. The van der Waals surface area contributed by atoms with Crippen molar-refractivity contribution in [3.05, 3.63) is 70.7 Å². The first kappa shape index (κ1) is 16.1. The van der Waals surface area contributed by atoms with Crippen molar-refractivity contribution in [2.24, 2.45) is 5.92 Å². The molecular formula is C19H16ClNO2S2. The molecule has 0 saturated carbocycles. The first-order chi connectivity index (χ1) is 12.2. The number of hydrogen-bond donors (Lipinski definition) is 0. The van der Waals surface area contributed by atoms with Crippen LogP contribution in [-0.2, 0) is 9.53 Å². The Morgan fingerprint density at radius 1 is 1.08 bits per heavy atom. The molecule has 2 aromatic rings. The molecule has 0 aliphatic carbocycles. The van der Waals surface area contributed by atoms with Gasteiger partial charge in [-0.2, -0.15) is 0 Å². The van der Waals surface area contributed by atoms with Crippen molar-refractivity contribution < 1.29 is 9.53 Å². The van der Waals surface area contributed by atoms with Gasteiger partial charge in [0.2, 0.25) is 10.3 Å². The Kier molecular flexibility index (Phi) is 3.82. The van der Waals surface area contributed by atoms with Crippen LogP contribution >= 0.6 is 35.1 Å². The Balaban J connectivity index is 1.61. The molecule has 0 N–H and O–H groups in total. The van der Waals surface area contributed by atoms with Crippen molar-refractivity contribution in [1.29, 1.82) is 0 Å². The molecular weight excluding hydrogens is 374 g/mol. The van der Waals surface area contributed by atoms with E-state index in [0.717, 1.165) is 17.9 Å². The number of carbonyl (C=O) groups excluding carboxylic acids is 1. The number of benzene rings is 2. The number of hydrogen-bond acceptors (Lipinski definition) is 4. The molecule has 4 saturated heterocycles. The number of thioether (sulfide) groups is 2. The van der Waals surface area contributed by atoms with Gasteiger partial charge in [-0.25, -0.2) is 0 Å². The Labute approximate surface area is 160 Å². The molecule has 2 bridgehead atoms. The molecule has 4 fully saturated rings. The van der Waals surface area contributed by atoms with Crippen molar-refractivity contribution in [3.8, 4) is 0 Å². The van der Waals surface area contributed by atoms with E-state index < -0.39 is 4.39 Å². The molecule has 1 amide bonds. The van der Waals surface area contributed by atoms with Gasteiger partial charge in [0.25, 0.3) is 0 Å². The minimum atomic E-state index is -0.601. The van der Waals surface area contributed by atoms with Gasteiger partial charge in [-0.05, 0) is 23.3 Å². The molecule has 128 valence electrons. The van der Waals surface area contributed by atoms with E-state index in [4.69, 9.17) is 16.3 Å². The van der Waals surface area contributed by atoms with E-state index in [1.807, 2.05) is 47.4 Å². The molecule has 4 aliphatic rings. The van der Waals surface area contributed by atoms with Crippen LogP contribution in [-0.4, -0.2) is 27.5 Å². The van der Waals surface area contributed by atoms with Crippen molar-refractivity contribution in [2.75, 3.05) is 12.3 Å². The van der Waals surface area contributed by atoms with Crippen molar-refractivity contribution in [1.82, 2.24) is 4.90 Å². The summed E-state index contributed by atoms with van der Waals surface area (Å²) in [6.45, 7) is 0.766. The van der Waals surface area contributed by atoms with Gasteiger partial charge in [-0.1, -0.05) is 77.6 Å². The number of rotatable bonds is 2. The lowest BCUT2D eigenvalue weighted by atomic mass is 9.86. The maximum absolute atomic E-state index is 13.3. The zero-order valence-corrected chi connectivity index (χ0v) is 15.7. The molecule has 1 spiro atoms. The topological polar surface area (TPSA) is 29.5 Å². The predicted octanol–water partition coefficient (Wildman–Crippen LogP) is 4.70. The van der Waals surface area contributed by atoms with Gasteiger partial charge in [-0.3, -0.25) is 9.69 Å². The summed E-state index contributed by atoms with van der Waals surface area (Å²) in [6, 6.07) is 18.0. The number of carbonyl (C=O) groups is 1. The monoisotopic (exact) mass is 389 g/mol. The van der Waals surface area contributed by atoms with Gasteiger partial charge in [0.1, 0.15) is 6.10 Å². The van der Waals surface area contributed by atoms with Crippen LogP contribution in [0.2, 0.25) is 5.02 Å². The Hall–Kier alpha value is -1.14. The zero-order chi connectivity index (χ0) is 17.0.